The van der Waals surface area contributed by atoms with Crippen molar-refractivity contribution in [3.05, 3.63) is 48.0 Å². The Labute approximate surface area is 184 Å². The fourth-order valence-electron chi connectivity index (χ4n) is 4.49. The molecule has 3 heterocycles. The molecule has 5 rings (SSSR count). The molecule has 2 aromatic heterocycles. The number of nitrogens with zero attached hydrogens (tertiary/aromatic N) is 4. The van der Waals surface area contributed by atoms with Gasteiger partial charge in [-0.25, -0.2) is 28.5 Å². The number of sulfonamides is 1. The number of ether oxygens (including phenoxy) is 1. The van der Waals surface area contributed by atoms with Crippen molar-refractivity contribution in [2.45, 2.75) is 49.8 Å². The van der Waals surface area contributed by atoms with E-state index in [1.165, 1.54) is 28.3 Å². The molecule has 32 heavy (non-hydrogen) atoms. The quantitative estimate of drug-likeness (QED) is 0.402. The summed E-state index contributed by atoms with van der Waals surface area (Å²) in [6.45, 7) is 0. The molecule has 11 nitrogen and oxygen atoms in total. The number of aliphatic hydroxyl groups excluding tert-OH is 2. The number of imidazole rings is 1. The lowest BCUT2D eigenvalue weighted by molar-refractivity contribution is -0.0353. The standard InChI is InChI=1S/C20H24N6O5S/c21-32(29,30)8-7-14-16(27)17(28)20(31-14)26-10-24-15-18(22-9-23-19(15)26)25-13-6-5-11-3-1-2-4-12(11)13/h1-4,9-10,13-14,16-17,20,27-28H,5-8H2,(H2,21,29,30)(H,22,23,25)/t13?,14-,16-,17-,20-/m1/s1. The van der Waals surface area contributed by atoms with Gasteiger partial charge in [-0.3, -0.25) is 4.57 Å². The van der Waals surface area contributed by atoms with Crippen molar-refractivity contribution in [2.24, 2.45) is 5.14 Å². The Hall–Kier alpha value is -2.64. The summed E-state index contributed by atoms with van der Waals surface area (Å²) in [5.41, 5.74) is 3.48. The topological polar surface area (TPSA) is 165 Å². The molecule has 170 valence electrons. The highest BCUT2D eigenvalue weighted by molar-refractivity contribution is 7.89. The second kappa shape index (κ2) is 8.05. The third-order valence-corrected chi connectivity index (χ3v) is 6.91. The Bertz CT molecular complexity index is 1250. The Morgan fingerprint density at radius 2 is 2.00 bits per heavy atom. The second-order valence-electron chi connectivity index (χ2n) is 8.18. The maximum absolute atomic E-state index is 11.3. The Kier molecular flexibility index (Phi) is 5.34. The van der Waals surface area contributed by atoms with Gasteiger partial charge in [0, 0.05) is 0 Å². The van der Waals surface area contributed by atoms with Crippen LogP contribution < -0.4 is 10.5 Å². The van der Waals surface area contributed by atoms with E-state index in [2.05, 4.69) is 32.4 Å². The van der Waals surface area contributed by atoms with E-state index >= 15 is 0 Å². The smallest absolute Gasteiger partial charge is 0.209 e. The van der Waals surface area contributed by atoms with Crippen molar-refractivity contribution in [2.75, 3.05) is 11.1 Å². The summed E-state index contributed by atoms with van der Waals surface area (Å²) >= 11 is 0. The molecule has 3 aromatic rings. The molecular weight excluding hydrogens is 436 g/mol. The maximum Gasteiger partial charge on any atom is 0.209 e. The summed E-state index contributed by atoms with van der Waals surface area (Å²) in [5, 5.41) is 29.4. The van der Waals surface area contributed by atoms with Gasteiger partial charge in [-0.1, -0.05) is 24.3 Å². The van der Waals surface area contributed by atoms with E-state index in [9.17, 15) is 18.6 Å². The lowest BCUT2D eigenvalue weighted by Crippen LogP contribution is -2.33. The molecule has 1 aliphatic carbocycles. The van der Waals surface area contributed by atoms with Crippen molar-refractivity contribution in [1.29, 1.82) is 0 Å². The molecular formula is C20H24N6O5S. The van der Waals surface area contributed by atoms with Crippen molar-refractivity contribution < 1.29 is 23.4 Å². The first-order valence-corrected chi connectivity index (χ1v) is 12.1. The minimum Gasteiger partial charge on any atom is -0.388 e. The van der Waals surface area contributed by atoms with Crippen LogP contribution in [0.4, 0.5) is 5.82 Å². The first kappa shape index (κ1) is 21.2. The van der Waals surface area contributed by atoms with Gasteiger partial charge in [0.25, 0.3) is 0 Å². The number of rotatable bonds is 6. The van der Waals surface area contributed by atoms with Gasteiger partial charge in [0.1, 0.15) is 18.5 Å². The summed E-state index contributed by atoms with van der Waals surface area (Å²) in [6, 6.07) is 8.37. The van der Waals surface area contributed by atoms with E-state index in [0.717, 1.165) is 12.8 Å². The number of fused-ring (bicyclic) bond motifs is 2. The third-order valence-electron chi connectivity index (χ3n) is 6.10. The number of hydrogen-bond acceptors (Lipinski definition) is 9. The molecule has 1 unspecified atom stereocenters. The first-order valence-electron chi connectivity index (χ1n) is 10.4. The molecule has 1 aliphatic heterocycles. The van der Waals surface area contributed by atoms with Gasteiger partial charge in [-0.15, -0.1) is 0 Å². The number of benzene rings is 1. The zero-order valence-corrected chi connectivity index (χ0v) is 17.9. The van der Waals surface area contributed by atoms with Gasteiger partial charge in [0.2, 0.25) is 10.0 Å². The number of nitrogens with one attached hydrogen (secondary N) is 1. The molecule has 0 radical (unpaired) electrons. The third kappa shape index (κ3) is 3.84. The van der Waals surface area contributed by atoms with Crippen molar-refractivity contribution >= 4 is 27.0 Å². The lowest BCUT2D eigenvalue weighted by atomic mass is 10.1. The number of hydrogen-bond donors (Lipinski definition) is 4. The monoisotopic (exact) mass is 460 g/mol. The number of aryl methyl sites for hydroxylation is 1. The molecule has 0 bridgehead atoms. The fraction of sp³-hybridized carbons (Fsp3) is 0.450. The van der Waals surface area contributed by atoms with Crippen LogP contribution in [0.5, 0.6) is 0 Å². The normalized spacial score (nSPS) is 27.7. The first-order chi connectivity index (χ1) is 15.3. The lowest BCUT2D eigenvalue weighted by Gasteiger charge is -2.17. The van der Waals surface area contributed by atoms with E-state index in [-0.39, 0.29) is 18.2 Å². The number of primary sulfonamides is 1. The van der Waals surface area contributed by atoms with Crippen molar-refractivity contribution in [1.82, 2.24) is 19.5 Å². The molecule has 2 aliphatic rings. The number of anilines is 1. The number of aromatic nitrogens is 4. The Morgan fingerprint density at radius 3 is 2.81 bits per heavy atom. The minimum absolute atomic E-state index is 0.0386. The fourth-order valence-corrected chi connectivity index (χ4v) is 5.05. The van der Waals surface area contributed by atoms with Crippen LogP contribution in [0.1, 0.15) is 36.2 Å². The maximum atomic E-state index is 11.3. The molecule has 1 aromatic carbocycles. The largest absolute Gasteiger partial charge is 0.388 e. The zero-order chi connectivity index (χ0) is 22.5. The van der Waals surface area contributed by atoms with Gasteiger partial charge in [-0.2, -0.15) is 0 Å². The average molecular weight is 461 g/mol. The second-order valence-corrected chi connectivity index (χ2v) is 9.92. The summed E-state index contributed by atoms with van der Waals surface area (Å²) < 4.78 is 29.8. The van der Waals surface area contributed by atoms with Gasteiger partial charge in [-0.05, 0) is 30.4 Å². The van der Waals surface area contributed by atoms with Crippen LogP contribution in [0, 0.1) is 0 Å². The van der Waals surface area contributed by atoms with E-state index in [0.29, 0.717) is 17.0 Å². The van der Waals surface area contributed by atoms with Crippen LogP contribution in [0.15, 0.2) is 36.9 Å². The van der Waals surface area contributed by atoms with Crippen molar-refractivity contribution in [3.8, 4) is 0 Å². The van der Waals surface area contributed by atoms with Gasteiger partial charge in [0.15, 0.2) is 23.2 Å². The van der Waals surface area contributed by atoms with Gasteiger partial charge in [0.05, 0.1) is 24.2 Å². The van der Waals surface area contributed by atoms with Crippen LogP contribution in [0.2, 0.25) is 0 Å². The Balaban J connectivity index is 1.40. The van der Waals surface area contributed by atoms with Crippen LogP contribution in [-0.4, -0.2) is 62.2 Å². The summed E-state index contributed by atoms with van der Waals surface area (Å²) in [6.07, 6.45) is 0.332. The molecule has 12 heteroatoms. The molecule has 0 spiro atoms. The highest BCUT2D eigenvalue weighted by Gasteiger charge is 2.44. The zero-order valence-electron chi connectivity index (χ0n) is 17.1. The molecule has 1 fully saturated rings. The van der Waals surface area contributed by atoms with Crippen LogP contribution in [0.3, 0.4) is 0 Å². The molecule has 0 saturated carbocycles. The molecule has 5 atom stereocenters. The predicted octanol–water partition coefficient (Wildman–Crippen LogP) is 0.223. The van der Waals surface area contributed by atoms with E-state index in [4.69, 9.17) is 9.88 Å². The minimum atomic E-state index is -3.72. The summed E-state index contributed by atoms with van der Waals surface area (Å²) in [7, 11) is -3.72. The summed E-state index contributed by atoms with van der Waals surface area (Å²) in [5.74, 6) is 0.201. The highest BCUT2D eigenvalue weighted by atomic mass is 32.2. The highest BCUT2D eigenvalue weighted by Crippen LogP contribution is 2.36. The average Bonchev–Trinajstić information content (AvgIpc) is 3.44. The van der Waals surface area contributed by atoms with E-state index in [1.807, 2.05) is 12.1 Å². The van der Waals surface area contributed by atoms with Gasteiger partial charge < -0.3 is 20.3 Å². The van der Waals surface area contributed by atoms with Crippen LogP contribution in [-0.2, 0) is 21.2 Å². The number of aliphatic hydroxyl groups is 2. The van der Waals surface area contributed by atoms with E-state index < -0.39 is 34.6 Å². The molecule has 5 N–H and O–H groups in total. The van der Waals surface area contributed by atoms with E-state index in [1.54, 1.807) is 0 Å². The van der Waals surface area contributed by atoms with Crippen LogP contribution >= 0.6 is 0 Å². The SMILES string of the molecule is NS(=O)(=O)CC[C@H]1O[C@@H](n2cnc3c(NC4CCc5ccccc54)ncnc32)[C@H](O)[C@@H]1O. The van der Waals surface area contributed by atoms with Gasteiger partial charge >= 0.3 is 0 Å². The van der Waals surface area contributed by atoms with Crippen LogP contribution in [0.25, 0.3) is 11.2 Å². The predicted molar refractivity (Wildman–Crippen MR) is 115 cm³/mol. The molecule has 0 amide bonds. The number of nitrogens with two attached hydrogens (primary N) is 1. The summed E-state index contributed by atoms with van der Waals surface area (Å²) in [4.78, 5) is 13.1. The Morgan fingerprint density at radius 1 is 1.19 bits per heavy atom. The molecule has 1 saturated heterocycles. The van der Waals surface area contributed by atoms with Crippen molar-refractivity contribution in [3.63, 3.8) is 0 Å².